The van der Waals surface area contributed by atoms with Crippen LogP contribution in [-0.2, 0) is 4.79 Å². The number of hydrogen-bond acceptors (Lipinski definition) is 8. The molecule has 3 aromatic heterocycles. The molecular weight excluding hydrogens is 420 g/mol. The molecule has 0 unspecified atom stereocenters. The van der Waals surface area contributed by atoms with E-state index in [0.717, 1.165) is 10.6 Å². The second-order valence-corrected chi connectivity index (χ2v) is 8.70. The molecule has 10 heteroatoms. The number of carbonyl (C=O) groups excluding carboxylic acids is 2. The smallest absolute Gasteiger partial charge is 0.275 e. The van der Waals surface area contributed by atoms with E-state index in [1.54, 1.807) is 36.0 Å². The number of nitrogens with one attached hydrogen (secondary N) is 2. The van der Waals surface area contributed by atoms with Gasteiger partial charge >= 0.3 is 0 Å². The lowest BCUT2D eigenvalue weighted by atomic mass is 9.87. The van der Waals surface area contributed by atoms with Crippen molar-refractivity contribution in [3.05, 3.63) is 46.2 Å². The number of thiophene rings is 1. The Labute approximate surface area is 182 Å². The first-order valence-electron chi connectivity index (χ1n) is 9.51. The van der Waals surface area contributed by atoms with Crippen molar-refractivity contribution in [2.24, 2.45) is 5.73 Å². The van der Waals surface area contributed by atoms with Crippen LogP contribution < -0.4 is 21.3 Å². The maximum absolute atomic E-state index is 12.8. The lowest BCUT2D eigenvalue weighted by molar-refractivity contribution is -0.125. The SMILES string of the molecule is CNC1(C(N)=O)CCN(c2ncccc2NC(=O)c2csc(-c3ccsc3)n2)CC1. The standard InChI is InChI=1S/C20H22N6O2S2/c1-22-20(19(21)28)5-8-26(9-6-20)16-14(3-2-7-23-16)24-17(27)15-12-30-18(25-15)13-4-10-29-11-13/h2-4,7,10-12,22H,5-6,8-9H2,1H3,(H2,21,28)(H,24,27). The fourth-order valence-electron chi connectivity index (χ4n) is 3.55. The Hall–Kier alpha value is -2.82. The zero-order chi connectivity index (χ0) is 21.1. The highest BCUT2D eigenvalue weighted by atomic mass is 32.1. The Bertz CT molecular complexity index is 1040. The zero-order valence-corrected chi connectivity index (χ0v) is 18.1. The van der Waals surface area contributed by atoms with Gasteiger partial charge in [0.25, 0.3) is 5.91 Å². The van der Waals surface area contributed by atoms with Crippen LogP contribution in [-0.4, -0.2) is 47.5 Å². The van der Waals surface area contributed by atoms with Gasteiger partial charge in [0.05, 0.1) is 5.69 Å². The molecule has 156 valence electrons. The molecule has 0 saturated carbocycles. The average Bonchev–Trinajstić information content (AvgIpc) is 3.46. The largest absolute Gasteiger partial charge is 0.368 e. The third kappa shape index (κ3) is 3.93. The van der Waals surface area contributed by atoms with E-state index in [4.69, 9.17) is 5.73 Å². The molecule has 0 aromatic carbocycles. The summed E-state index contributed by atoms with van der Waals surface area (Å²) in [5.74, 6) is 0.0539. The lowest BCUT2D eigenvalue weighted by Gasteiger charge is -2.40. The number of piperidine rings is 1. The van der Waals surface area contributed by atoms with Crippen molar-refractivity contribution < 1.29 is 9.59 Å². The minimum atomic E-state index is -0.701. The van der Waals surface area contributed by atoms with Gasteiger partial charge in [-0.15, -0.1) is 11.3 Å². The highest BCUT2D eigenvalue weighted by Crippen LogP contribution is 2.30. The van der Waals surface area contributed by atoms with Crippen molar-refractivity contribution in [2.45, 2.75) is 18.4 Å². The van der Waals surface area contributed by atoms with E-state index in [2.05, 4.69) is 25.5 Å². The van der Waals surface area contributed by atoms with E-state index in [-0.39, 0.29) is 11.8 Å². The van der Waals surface area contributed by atoms with E-state index < -0.39 is 5.54 Å². The topological polar surface area (TPSA) is 113 Å². The van der Waals surface area contributed by atoms with Crippen molar-refractivity contribution in [2.75, 3.05) is 30.4 Å². The van der Waals surface area contributed by atoms with Crippen LogP contribution in [0.5, 0.6) is 0 Å². The molecule has 3 aromatic rings. The van der Waals surface area contributed by atoms with Crippen LogP contribution in [0.2, 0.25) is 0 Å². The van der Waals surface area contributed by atoms with Gasteiger partial charge < -0.3 is 21.3 Å². The first-order valence-corrected chi connectivity index (χ1v) is 11.3. The molecule has 0 bridgehead atoms. The van der Waals surface area contributed by atoms with E-state index >= 15 is 0 Å². The lowest BCUT2D eigenvalue weighted by Crippen LogP contribution is -2.59. The highest BCUT2D eigenvalue weighted by molar-refractivity contribution is 7.14. The molecule has 2 amide bonds. The van der Waals surface area contributed by atoms with Crippen LogP contribution >= 0.6 is 22.7 Å². The quantitative estimate of drug-likeness (QED) is 0.541. The Morgan fingerprint density at radius 3 is 2.70 bits per heavy atom. The van der Waals surface area contributed by atoms with Gasteiger partial charge in [0, 0.05) is 35.6 Å². The molecule has 4 heterocycles. The van der Waals surface area contributed by atoms with E-state index in [1.165, 1.54) is 11.3 Å². The first kappa shape index (κ1) is 20.5. The summed E-state index contributed by atoms with van der Waals surface area (Å²) in [5.41, 5.74) is 6.90. The molecule has 1 aliphatic heterocycles. The van der Waals surface area contributed by atoms with Crippen molar-refractivity contribution in [3.63, 3.8) is 0 Å². The van der Waals surface area contributed by atoms with Gasteiger partial charge in [0.2, 0.25) is 5.91 Å². The number of nitrogens with zero attached hydrogens (tertiary/aromatic N) is 3. The van der Waals surface area contributed by atoms with Crippen molar-refractivity contribution in [1.29, 1.82) is 0 Å². The van der Waals surface area contributed by atoms with Gasteiger partial charge in [0.1, 0.15) is 16.2 Å². The van der Waals surface area contributed by atoms with E-state index in [0.29, 0.717) is 43.1 Å². The molecule has 1 aliphatic rings. The molecule has 4 rings (SSSR count). The van der Waals surface area contributed by atoms with Crippen LogP contribution in [0.1, 0.15) is 23.3 Å². The summed E-state index contributed by atoms with van der Waals surface area (Å²) in [6.45, 7) is 1.20. The molecule has 1 fully saturated rings. The molecule has 0 atom stereocenters. The number of hydrogen-bond donors (Lipinski definition) is 3. The number of carbonyl (C=O) groups is 2. The molecular formula is C20H22N6O2S2. The minimum Gasteiger partial charge on any atom is -0.368 e. The molecule has 30 heavy (non-hydrogen) atoms. The summed E-state index contributed by atoms with van der Waals surface area (Å²) in [6.07, 6.45) is 2.83. The number of pyridine rings is 1. The second-order valence-electron chi connectivity index (χ2n) is 7.06. The number of anilines is 2. The maximum Gasteiger partial charge on any atom is 0.275 e. The van der Waals surface area contributed by atoms with Crippen LogP contribution in [0.15, 0.2) is 40.5 Å². The Balaban J connectivity index is 1.49. The fourth-order valence-corrected chi connectivity index (χ4v) is 5.06. The predicted molar refractivity (Wildman–Crippen MR) is 120 cm³/mol. The van der Waals surface area contributed by atoms with Gasteiger partial charge in [0.15, 0.2) is 5.82 Å². The van der Waals surface area contributed by atoms with Crippen molar-refractivity contribution in [1.82, 2.24) is 15.3 Å². The summed E-state index contributed by atoms with van der Waals surface area (Å²) in [6, 6.07) is 5.58. The highest BCUT2D eigenvalue weighted by Gasteiger charge is 2.39. The van der Waals surface area contributed by atoms with Crippen LogP contribution in [0.3, 0.4) is 0 Å². The normalized spacial score (nSPS) is 15.7. The Morgan fingerprint density at radius 2 is 2.03 bits per heavy atom. The van der Waals surface area contributed by atoms with E-state index in [9.17, 15) is 9.59 Å². The Kier molecular flexibility index (Phi) is 5.80. The number of nitrogens with two attached hydrogens (primary N) is 1. The van der Waals surface area contributed by atoms with Crippen molar-refractivity contribution >= 4 is 46.0 Å². The van der Waals surface area contributed by atoms with Gasteiger partial charge in [-0.25, -0.2) is 9.97 Å². The third-order valence-corrected chi connectivity index (χ3v) is 6.98. The monoisotopic (exact) mass is 442 g/mol. The molecule has 1 saturated heterocycles. The number of likely N-dealkylation sites (N-methyl/N-ethyl adjacent to an activating group) is 1. The summed E-state index contributed by atoms with van der Waals surface area (Å²) >= 11 is 3.04. The molecule has 0 spiro atoms. The number of primary amides is 1. The van der Waals surface area contributed by atoms with Crippen molar-refractivity contribution in [3.8, 4) is 10.6 Å². The summed E-state index contributed by atoms with van der Waals surface area (Å²) in [4.78, 5) is 35.7. The minimum absolute atomic E-state index is 0.277. The number of amides is 2. The summed E-state index contributed by atoms with van der Waals surface area (Å²) in [7, 11) is 1.76. The molecule has 0 aliphatic carbocycles. The fraction of sp³-hybridized carbons (Fsp3) is 0.300. The van der Waals surface area contributed by atoms with Gasteiger partial charge in [-0.05, 0) is 43.5 Å². The van der Waals surface area contributed by atoms with Gasteiger partial charge in [-0.3, -0.25) is 9.59 Å². The van der Waals surface area contributed by atoms with Gasteiger partial charge in [-0.1, -0.05) is 0 Å². The number of aromatic nitrogens is 2. The van der Waals surface area contributed by atoms with Crippen LogP contribution in [0, 0.1) is 0 Å². The van der Waals surface area contributed by atoms with Gasteiger partial charge in [-0.2, -0.15) is 11.3 Å². The zero-order valence-electron chi connectivity index (χ0n) is 16.4. The molecule has 0 radical (unpaired) electrons. The van der Waals surface area contributed by atoms with E-state index in [1.807, 2.05) is 22.9 Å². The van der Waals surface area contributed by atoms with Crippen LogP contribution in [0.4, 0.5) is 11.5 Å². The van der Waals surface area contributed by atoms with Crippen LogP contribution in [0.25, 0.3) is 10.6 Å². The number of rotatable bonds is 6. The maximum atomic E-state index is 12.8. The first-order chi connectivity index (χ1) is 14.5. The third-order valence-electron chi connectivity index (χ3n) is 5.41. The second kappa shape index (κ2) is 8.50. The summed E-state index contributed by atoms with van der Waals surface area (Å²) in [5, 5.41) is 12.6. The molecule has 8 nitrogen and oxygen atoms in total. The predicted octanol–water partition coefficient (Wildman–Crippen LogP) is 2.56. The molecule has 4 N–H and O–H groups in total. The summed E-state index contributed by atoms with van der Waals surface area (Å²) < 4.78 is 0. The Morgan fingerprint density at radius 1 is 1.23 bits per heavy atom. The average molecular weight is 443 g/mol. The number of thiazole rings is 1.